The number of likely N-dealkylation sites (N-methyl/N-ethyl adjacent to an activating group) is 1. The van der Waals surface area contributed by atoms with E-state index in [0.717, 1.165) is 24.7 Å². The largest absolute Gasteiger partial charge is 0.306 e. The molecule has 0 bridgehead atoms. The van der Waals surface area contributed by atoms with Gasteiger partial charge >= 0.3 is 0 Å². The van der Waals surface area contributed by atoms with Gasteiger partial charge in [-0.1, -0.05) is 0 Å². The Labute approximate surface area is 80.6 Å². The Bertz CT molecular complexity index is 209. The molecule has 2 unspecified atom stereocenters. The summed E-state index contributed by atoms with van der Waals surface area (Å²) in [5.74, 6) is 1.70. The first-order chi connectivity index (χ1) is 5.72. The zero-order valence-electron chi connectivity index (χ0n) is 7.06. The van der Waals surface area contributed by atoms with Gasteiger partial charge in [0, 0.05) is 16.1 Å². The second-order valence-electron chi connectivity index (χ2n) is 3.92. The number of carbonyl (C=O) groups is 1. The maximum Gasteiger partial charge on any atom is 0.250 e. The van der Waals surface area contributed by atoms with Crippen molar-refractivity contribution in [1.82, 2.24) is 9.66 Å². The van der Waals surface area contributed by atoms with Crippen molar-refractivity contribution >= 4 is 22.1 Å². The molecule has 2 aliphatic rings. The third-order valence-electron chi connectivity index (χ3n) is 3.29. The lowest BCUT2D eigenvalue weighted by Gasteiger charge is -2.27. The lowest BCUT2D eigenvalue weighted by molar-refractivity contribution is -0.125. The summed E-state index contributed by atoms with van der Waals surface area (Å²) in [5.41, 5.74) is -0.281. The van der Waals surface area contributed by atoms with Gasteiger partial charge in [-0.2, -0.15) is 0 Å². The lowest BCUT2D eigenvalue weighted by Crippen LogP contribution is -2.52. The first-order valence-corrected chi connectivity index (χ1v) is 5.11. The number of fused-ring (bicyclic) bond motifs is 1. The van der Waals surface area contributed by atoms with E-state index in [1.807, 2.05) is 7.05 Å². The molecular formula is C8H13BrN2O. The summed E-state index contributed by atoms with van der Waals surface area (Å²) in [5, 5.41) is 3.15. The molecule has 0 saturated heterocycles. The van der Waals surface area contributed by atoms with Crippen LogP contribution in [0, 0.1) is 11.8 Å². The molecule has 2 aliphatic carbocycles. The van der Waals surface area contributed by atoms with Crippen LogP contribution in [0.4, 0.5) is 0 Å². The van der Waals surface area contributed by atoms with Gasteiger partial charge in [0.1, 0.15) is 0 Å². The van der Waals surface area contributed by atoms with Crippen LogP contribution in [0.3, 0.4) is 0 Å². The van der Waals surface area contributed by atoms with E-state index in [4.69, 9.17) is 0 Å². The minimum atomic E-state index is -0.281. The van der Waals surface area contributed by atoms with Crippen LogP contribution in [0.15, 0.2) is 0 Å². The molecule has 2 N–H and O–H groups in total. The zero-order chi connectivity index (χ0) is 8.77. The molecule has 1 amide bonds. The lowest BCUT2D eigenvalue weighted by atomic mass is 9.93. The van der Waals surface area contributed by atoms with Crippen LogP contribution in [-0.2, 0) is 4.79 Å². The molecular weight excluding hydrogens is 220 g/mol. The van der Waals surface area contributed by atoms with E-state index < -0.39 is 0 Å². The van der Waals surface area contributed by atoms with Crippen molar-refractivity contribution in [2.24, 2.45) is 11.8 Å². The smallest absolute Gasteiger partial charge is 0.250 e. The molecule has 2 saturated carbocycles. The standard InChI is InChI=1S/C8H13BrN2O/c1-10-8(7(12)11-9)3-5-2-6(5)4-8/h5-6,10H,2-4H2,1H3,(H,11,12). The van der Waals surface area contributed by atoms with Crippen molar-refractivity contribution in [1.29, 1.82) is 0 Å². The predicted molar refractivity (Wildman–Crippen MR) is 49.7 cm³/mol. The van der Waals surface area contributed by atoms with Crippen molar-refractivity contribution in [3.63, 3.8) is 0 Å². The number of hydrogen-bond donors (Lipinski definition) is 2. The van der Waals surface area contributed by atoms with Crippen LogP contribution in [0.25, 0.3) is 0 Å². The van der Waals surface area contributed by atoms with Crippen molar-refractivity contribution in [2.75, 3.05) is 7.05 Å². The van der Waals surface area contributed by atoms with Gasteiger partial charge in [-0.3, -0.25) is 9.14 Å². The van der Waals surface area contributed by atoms with Crippen molar-refractivity contribution < 1.29 is 4.79 Å². The van der Waals surface area contributed by atoms with Gasteiger partial charge in [-0.25, -0.2) is 0 Å². The summed E-state index contributed by atoms with van der Waals surface area (Å²) < 4.78 is 2.55. The Morgan fingerprint density at radius 1 is 1.50 bits per heavy atom. The normalized spacial score (nSPS) is 43.8. The van der Waals surface area contributed by atoms with Gasteiger partial charge in [0.25, 0.3) is 0 Å². The highest BCUT2D eigenvalue weighted by atomic mass is 79.9. The fraction of sp³-hybridized carbons (Fsp3) is 0.875. The van der Waals surface area contributed by atoms with Crippen LogP contribution in [0.5, 0.6) is 0 Å². The fourth-order valence-corrected chi connectivity index (χ4v) is 2.76. The second kappa shape index (κ2) is 2.70. The maximum atomic E-state index is 11.5. The highest BCUT2D eigenvalue weighted by Gasteiger charge is 2.56. The number of amides is 1. The topological polar surface area (TPSA) is 41.1 Å². The van der Waals surface area contributed by atoms with E-state index in [1.54, 1.807) is 0 Å². The third-order valence-corrected chi connectivity index (χ3v) is 3.65. The van der Waals surface area contributed by atoms with Crippen molar-refractivity contribution in [3.8, 4) is 0 Å². The Morgan fingerprint density at radius 2 is 2.08 bits per heavy atom. The summed E-state index contributed by atoms with van der Waals surface area (Å²) in [4.78, 5) is 11.5. The minimum Gasteiger partial charge on any atom is -0.306 e. The molecule has 3 nitrogen and oxygen atoms in total. The first-order valence-electron chi connectivity index (χ1n) is 4.32. The van der Waals surface area contributed by atoms with Crippen LogP contribution in [-0.4, -0.2) is 18.5 Å². The number of halogens is 1. The van der Waals surface area contributed by atoms with Gasteiger partial charge < -0.3 is 5.32 Å². The molecule has 0 aromatic rings. The number of hydrogen-bond acceptors (Lipinski definition) is 2. The number of rotatable bonds is 2. The molecule has 0 aliphatic heterocycles. The molecule has 68 valence electrons. The van der Waals surface area contributed by atoms with E-state index in [0.29, 0.717) is 0 Å². The molecule has 0 heterocycles. The number of nitrogens with one attached hydrogen (secondary N) is 2. The van der Waals surface area contributed by atoms with E-state index >= 15 is 0 Å². The monoisotopic (exact) mass is 232 g/mol. The van der Waals surface area contributed by atoms with Crippen LogP contribution in [0.2, 0.25) is 0 Å². The predicted octanol–water partition coefficient (Wildman–Crippen LogP) is 0.801. The van der Waals surface area contributed by atoms with Crippen LogP contribution < -0.4 is 9.66 Å². The van der Waals surface area contributed by atoms with Gasteiger partial charge in [0.15, 0.2) is 0 Å². The molecule has 2 atom stereocenters. The van der Waals surface area contributed by atoms with Crippen molar-refractivity contribution in [2.45, 2.75) is 24.8 Å². The SMILES string of the molecule is CNC1(C(=O)NBr)CC2CC2C1. The summed E-state index contributed by atoms with van der Waals surface area (Å²) in [7, 11) is 1.87. The van der Waals surface area contributed by atoms with E-state index in [2.05, 4.69) is 25.8 Å². The molecule has 0 radical (unpaired) electrons. The number of carbonyl (C=O) groups excluding carboxylic acids is 1. The third kappa shape index (κ3) is 1.09. The van der Waals surface area contributed by atoms with Crippen molar-refractivity contribution in [3.05, 3.63) is 0 Å². The first kappa shape index (κ1) is 8.51. The van der Waals surface area contributed by atoms with Gasteiger partial charge in [0.2, 0.25) is 5.91 Å². The average Bonchev–Trinajstić information content (AvgIpc) is 2.72. The van der Waals surface area contributed by atoms with E-state index in [9.17, 15) is 4.79 Å². The molecule has 12 heavy (non-hydrogen) atoms. The molecule has 0 aromatic heterocycles. The molecule has 2 rings (SSSR count). The zero-order valence-corrected chi connectivity index (χ0v) is 8.65. The molecule has 4 heteroatoms. The quantitative estimate of drug-likeness (QED) is 0.692. The summed E-state index contributed by atoms with van der Waals surface area (Å²) in [6.45, 7) is 0. The molecule has 2 fully saturated rings. The van der Waals surface area contributed by atoms with Crippen LogP contribution in [0.1, 0.15) is 19.3 Å². The van der Waals surface area contributed by atoms with E-state index in [-0.39, 0.29) is 11.4 Å². The Kier molecular flexibility index (Phi) is 1.92. The maximum absolute atomic E-state index is 11.5. The van der Waals surface area contributed by atoms with Gasteiger partial charge in [0.05, 0.1) is 5.54 Å². The molecule has 0 spiro atoms. The summed E-state index contributed by atoms with van der Waals surface area (Å²) in [6, 6.07) is 0. The summed E-state index contributed by atoms with van der Waals surface area (Å²) >= 11 is 3.00. The highest BCUT2D eigenvalue weighted by molar-refractivity contribution is 9.08. The minimum absolute atomic E-state index is 0.0807. The molecule has 0 aromatic carbocycles. The fourth-order valence-electron chi connectivity index (χ4n) is 2.38. The summed E-state index contributed by atoms with van der Waals surface area (Å²) in [6.07, 6.45) is 3.34. The second-order valence-corrected chi connectivity index (χ2v) is 4.32. The van der Waals surface area contributed by atoms with Gasteiger partial charge in [-0.05, 0) is 38.1 Å². The van der Waals surface area contributed by atoms with Crippen LogP contribution >= 0.6 is 16.1 Å². The average molecular weight is 233 g/mol. The Morgan fingerprint density at radius 3 is 2.50 bits per heavy atom. The Hall–Kier alpha value is -0.0900. The van der Waals surface area contributed by atoms with E-state index in [1.165, 1.54) is 6.42 Å². The van der Waals surface area contributed by atoms with Gasteiger partial charge in [-0.15, -0.1) is 0 Å². The highest BCUT2D eigenvalue weighted by Crippen LogP contribution is 2.55. The Balaban J connectivity index is 2.10.